The molecule has 0 saturated carbocycles. The van der Waals surface area contributed by atoms with Gasteiger partial charge in [0.2, 0.25) is 0 Å². The quantitative estimate of drug-likeness (QED) is 0.430. The second-order valence-electron chi connectivity index (χ2n) is 6.67. The second-order valence-corrected chi connectivity index (χ2v) is 7.51. The number of methoxy groups -OCH3 is 1. The first-order valence-electron chi connectivity index (χ1n) is 9.44. The summed E-state index contributed by atoms with van der Waals surface area (Å²) in [5.41, 5.74) is 4.31. The molecule has 0 aliphatic heterocycles. The zero-order valence-electron chi connectivity index (χ0n) is 16.7. The van der Waals surface area contributed by atoms with Gasteiger partial charge in [0.1, 0.15) is 5.75 Å². The molecule has 1 amide bonds. The molecule has 0 aliphatic carbocycles. The summed E-state index contributed by atoms with van der Waals surface area (Å²) in [5.74, 6) is 0.558. The number of hydrogen-bond acceptors (Lipinski definition) is 5. The lowest BCUT2D eigenvalue weighted by molar-refractivity contribution is 0.102. The molecule has 1 N–H and O–H groups in total. The van der Waals surface area contributed by atoms with Crippen molar-refractivity contribution in [2.45, 2.75) is 0 Å². The molecule has 4 aromatic rings. The van der Waals surface area contributed by atoms with E-state index >= 15 is 0 Å². The maximum Gasteiger partial charge on any atom is 0.255 e. The standard InChI is InChI=1S/C24H21N3O2S/c1-27(20-6-4-3-5-7-20)24-26-22(16-30-24)17-8-12-19(13-9-17)25-23(28)18-10-14-21(29-2)15-11-18/h3-16H,1-2H3,(H,25,28). The minimum atomic E-state index is -0.161. The summed E-state index contributed by atoms with van der Waals surface area (Å²) in [7, 11) is 3.61. The van der Waals surface area contributed by atoms with Gasteiger partial charge in [-0.25, -0.2) is 4.98 Å². The molecule has 0 radical (unpaired) electrons. The Balaban J connectivity index is 1.44. The molecular weight excluding hydrogens is 394 g/mol. The topological polar surface area (TPSA) is 54.5 Å². The van der Waals surface area contributed by atoms with Crippen LogP contribution in [0.4, 0.5) is 16.5 Å². The van der Waals surface area contributed by atoms with Crippen LogP contribution in [0.1, 0.15) is 10.4 Å². The molecule has 0 atom stereocenters. The van der Waals surface area contributed by atoms with Crippen molar-refractivity contribution in [1.82, 2.24) is 4.98 Å². The zero-order valence-corrected chi connectivity index (χ0v) is 17.5. The fourth-order valence-electron chi connectivity index (χ4n) is 2.98. The Labute approximate surface area is 179 Å². The molecule has 3 aromatic carbocycles. The highest BCUT2D eigenvalue weighted by atomic mass is 32.1. The number of nitrogens with one attached hydrogen (secondary N) is 1. The van der Waals surface area contributed by atoms with Gasteiger partial charge in [0.05, 0.1) is 12.8 Å². The van der Waals surface area contributed by atoms with E-state index in [0.29, 0.717) is 5.56 Å². The van der Waals surface area contributed by atoms with Crippen molar-refractivity contribution in [3.63, 3.8) is 0 Å². The van der Waals surface area contributed by atoms with Crippen LogP contribution in [-0.2, 0) is 0 Å². The average molecular weight is 416 g/mol. The molecule has 0 saturated heterocycles. The number of ether oxygens (including phenoxy) is 1. The number of rotatable bonds is 6. The van der Waals surface area contributed by atoms with E-state index in [9.17, 15) is 4.79 Å². The van der Waals surface area contributed by atoms with Crippen molar-refractivity contribution >= 4 is 33.8 Å². The molecule has 5 nitrogen and oxygen atoms in total. The maximum absolute atomic E-state index is 12.4. The summed E-state index contributed by atoms with van der Waals surface area (Å²) >= 11 is 1.60. The van der Waals surface area contributed by atoms with Gasteiger partial charge in [0.15, 0.2) is 5.13 Å². The van der Waals surface area contributed by atoms with E-state index in [1.54, 1.807) is 42.7 Å². The van der Waals surface area contributed by atoms with E-state index in [2.05, 4.69) is 22.3 Å². The summed E-state index contributed by atoms with van der Waals surface area (Å²) in [6.45, 7) is 0. The Morgan fingerprint density at radius 3 is 2.33 bits per heavy atom. The maximum atomic E-state index is 12.4. The van der Waals surface area contributed by atoms with Crippen LogP contribution in [0.2, 0.25) is 0 Å². The summed E-state index contributed by atoms with van der Waals surface area (Å²) in [6, 6.07) is 24.9. The highest BCUT2D eigenvalue weighted by molar-refractivity contribution is 7.14. The van der Waals surface area contributed by atoms with Crippen LogP contribution in [0, 0.1) is 0 Å². The third-order valence-electron chi connectivity index (χ3n) is 4.71. The molecule has 4 rings (SSSR count). The number of anilines is 3. The Morgan fingerprint density at radius 1 is 0.967 bits per heavy atom. The van der Waals surface area contributed by atoms with Crippen molar-refractivity contribution in [2.24, 2.45) is 0 Å². The third kappa shape index (κ3) is 4.34. The van der Waals surface area contributed by atoms with Gasteiger partial charge in [0, 0.05) is 34.9 Å². The zero-order chi connectivity index (χ0) is 20.9. The predicted molar refractivity (Wildman–Crippen MR) is 123 cm³/mol. The highest BCUT2D eigenvalue weighted by Gasteiger charge is 2.11. The first-order valence-corrected chi connectivity index (χ1v) is 10.3. The van der Waals surface area contributed by atoms with Crippen LogP contribution in [0.25, 0.3) is 11.3 Å². The highest BCUT2D eigenvalue weighted by Crippen LogP contribution is 2.31. The number of aromatic nitrogens is 1. The number of amides is 1. The first kappa shape index (κ1) is 19.7. The fraction of sp³-hybridized carbons (Fsp3) is 0.0833. The van der Waals surface area contributed by atoms with Crippen LogP contribution in [-0.4, -0.2) is 25.0 Å². The van der Waals surface area contributed by atoms with Crippen LogP contribution in [0.5, 0.6) is 5.75 Å². The first-order chi connectivity index (χ1) is 14.6. The molecule has 150 valence electrons. The van der Waals surface area contributed by atoms with E-state index in [-0.39, 0.29) is 5.91 Å². The molecular formula is C24H21N3O2S. The van der Waals surface area contributed by atoms with Crippen molar-refractivity contribution in [2.75, 3.05) is 24.4 Å². The number of benzene rings is 3. The minimum Gasteiger partial charge on any atom is -0.497 e. The number of carbonyl (C=O) groups excluding carboxylic acids is 1. The summed E-state index contributed by atoms with van der Waals surface area (Å²) in [5, 5.41) is 5.88. The summed E-state index contributed by atoms with van der Waals surface area (Å²) < 4.78 is 5.12. The van der Waals surface area contributed by atoms with Crippen LogP contribution >= 0.6 is 11.3 Å². The molecule has 0 aliphatic rings. The minimum absolute atomic E-state index is 0.161. The lowest BCUT2D eigenvalue weighted by atomic mass is 10.1. The van der Waals surface area contributed by atoms with Crippen LogP contribution in [0.15, 0.2) is 84.2 Å². The van der Waals surface area contributed by atoms with E-state index in [0.717, 1.165) is 33.5 Å². The SMILES string of the molecule is COc1ccc(C(=O)Nc2ccc(-c3csc(N(C)c4ccccc4)n3)cc2)cc1. The van der Waals surface area contributed by atoms with Crippen molar-refractivity contribution in [3.8, 4) is 17.0 Å². The van der Waals surface area contributed by atoms with E-state index in [1.165, 1.54) is 0 Å². The predicted octanol–water partition coefficient (Wildman–Crippen LogP) is 5.84. The number of nitrogens with zero attached hydrogens (tertiary/aromatic N) is 2. The number of thiazole rings is 1. The van der Waals surface area contributed by atoms with Gasteiger partial charge in [-0.3, -0.25) is 4.79 Å². The normalized spacial score (nSPS) is 10.5. The fourth-order valence-corrected chi connectivity index (χ4v) is 3.80. The summed E-state index contributed by atoms with van der Waals surface area (Å²) in [6.07, 6.45) is 0. The van der Waals surface area contributed by atoms with E-state index in [4.69, 9.17) is 9.72 Å². The molecule has 0 bridgehead atoms. The molecule has 6 heteroatoms. The van der Waals surface area contributed by atoms with Gasteiger partial charge in [-0.1, -0.05) is 30.3 Å². The molecule has 0 spiro atoms. The smallest absolute Gasteiger partial charge is 0.255 e. The third-order valence-corrected chi connectivity index (χ3v) is 5.63. The summed E-state index contributed by atoms with van der Waals surface area (Å²) in [4.78, 5) is 19.2. The molecule has 1 heterocycles. The average Bonchev–Trinajstić information content (AvgIpc) is 3.30. The lowest BCUT2D eigenvalue weighted by Gasteiger charge is -2.15. The Kier molecular flexibility index (Phi) is 5.77. The van der Waals surface area contributed by atoms with Crippen LogP contribution < -0.4 is 15.0 Å². The lowest BCUT2D eigenvalue weighted by Crippen LogP contribution is -2.11. The van der Waals surface area contributed by atoms with Gasteiger partial charge in [-0.05, 0) is 48.5 Å². The van der Waals surface area contributed by atoms with Crippen molar-refractivity contribution in [1.29, 1.82) is 0 Å². The number of hydrogen-bond donors (Lipinski definition) is 1. The van der Waals surface area contributed by atoms with Crippen molar-refractivity contribution < 1.29 is 9.53 Å². The molecule has 0 unspecified atom stereocenters. The van der Waals surface area contributed by atoms with Gasteiger partial charge in [-0.2, -0.15) is 0 Å². The van der Waals surface area contributed by atoms with Gasteiger partial charge < -0.3 is 15.0 Å². The Morgan fingerprint density at radius 2 is 1.67 bits per heavy atom. The van der Waals surface area contributed by atoms with Crippen molar-refractivity contribution in [3.05, 3.63) is 89.8 Å². The van der Waals surface area contributed by atoms with Gasteiger partial charge >= 0.3 is 0 Å². The second kappa shape index (κ2) is 8.80. The Hall–Kier alpha value is -3.64. The van der Waals surface area contributed by atoms with E-state index < -0.39 is 0 Å². The van der Waals surface area contributed by atoms with E-state index in [1.807, 2.05) is 54.9 Å². The molecule has 30 heavy (non-hydrogen) atoms. The monoisotopic (exact) mass is 415 g/mol. The molecule has 0 fully saturated rings. The van der Waals surface area contributed by atoms with Crippen LogP contribution in [0.3, 0.4) is 0 Å². The molecule has 1 aromatic heterocycles. The number of carbonyl (C=O) groups is 1. The van der Waals surface area contributed by atoms with Gasteiger partial charge in [0.25, 0.3) is 5.91 Å². The Bertz CT molecular complexity index is 1120. The van der Waals surface area contributed by atoms with Gasteiger partial charge in [-0.15, -0.1) is 11.3 Å². The number of para-hydroxylation sites is 1. The largest absolute Gasteiger partial charge is 0.497 e.